The first-order valence-corrected chi connectivity index (χ1v) is 12.4. The lowest BCUT2D eigenvalue weighted by molar-refractivity contribution is -0.389. The van der Waals surface area contributed by atoms with Crippen molar-refractivity contribution in [3.8, 4) is 0 Å². The molecule has 0 radical (unpaired) electrons. The number of alkyl halides is 12. The van der Waals surface area contributed by atoms with Crippen LogP contribution in [0.1, 0.15) is 31.8 Å². The van der Waals surface area contributed by atoms with Crippen LogP contribution in [0, 0.1) is 3.57 Å². The quantitative estimate of drug-likeness (QED) is 0.150. The van der Waals surface area contributed by atoms with Crippen LogP contribution in [0.3, 0.4) is 0 Å². The highest BCUT2D eigenvalue weighted by Gasteiger charge is 2.82. The van der Waals surface area contributed by atoms with Gasteiger partial charge in [-0.25, -0.2) is 9.37 Å². The van der Waals surface area contributed by atoms with Gasteiger partial charge in [0.15, 0.2) is 0 Å². The lowest BCUT2D eigenvalue weighted by atomic mass is 9.86. The van der Waals surface area contributed by atoms with Crippen LogP contribution < -0.4 is 10.6 Å². The third-order valence-corrected chi connectivity index (χ3v) is 6.75. The molecule has 3 rings (SSSR count). The average Bonchev–Trinajstić information content (AvgIpc) is 2.87. The van der Waals surface area contributed by atoms with Gasteiger partial charge in [-0.1, -0.05) is 17.7 Å². The van der Waals surface area contributed by atoms with Gasteiger partial charge >= 0.3 is 30.1 Å². The Morgan fingerprint density at radius 3 is 1.93 bits per heavy atom. The first kappa shape index (κ1) is 34.2. The first-order chi connectivity index (χ1) is 19.5. The summed E-state index contributed by atoms with van der Waals surface area (Å²) in [7, 11) is 0. The van der Waals surface area contributed by atoms with E-state index in [4.69, 9.17) is 11.6 Å². The van der Waals surface area contributed by atoms with Crippen LogP contribution in [-0.4, -0.2) is 35.1 Å². The lowest BCUT2D eigenvalue weighted by Crippen LogP contribution is -2.59. The molecule has 0 saturated heterocycles. The molecule has 2 N–H and O–H groups in total. The highest BCUT2D eigenvalue weighted by molar-refractivity contribution is 14.1. The summed E-state index contributed by atoms with van der Waals surface area (Å²) in [5.41, 5.74) is -13.7. The van der Waals surface area contributed by atoms with E-state index in [1.165, 1.54) is 24.4 Å². The maximum Gasteiger partial charge on any atom is 0.457 e. The standard InChI is InChI=1S/C24H11ClF12IN3O2/c25-17-13(5-2-6-39-17)19(43)40-12-4-1-3-10(7-12)18(42)41-16-14(21(27,28)29)8-11(9-15(16)38)20(26,23(32,33)34)22(30,31)24(35,36)37/h1-9H,(H,40,43)(H,41,42). The molecule has 0 spiro atoms. The maximum atomic E-state index is 14.9. The van der Waals surface area contributed by atoms with Gasteiger partial charge in [-0.2, -0.15) is 48.3 Å². The van der Waals surface area contributed by atoms with Crippen molar-refractivity contribution in [1.82, 2.24) is 4.98 Å². The predicted octanol–water partition coefficient (Wildman–Crippen LogP) is 8.79. The molecule has 2 aromatic carbocycles. The second-order valence-electron chi connectivity index (χ2n) is 8.44. The van der Waals surface area contributed by atoms with Gasteiger partial charge in [0.1, 0.15) is 5.15 Å². The Kier molecular flexibility index (Phi) is 9.27. The highest BCUT2D eigenvalue weighted by atomic mass is 127. The Balaban J connectivity index is 2.06. The molecule has 2 amide bonds. The number of aromatic nitrogens is 1. The van der Waals surface area contributed by atoms with Gasteiger partial charge in [0, 0.05) is 26.6 Å². The molecule has 5 nitrogen and oxygen atoms in total. The largest absolute Gasteiger partial charge is 0.457 e. The van der Waals surface area contributed by atoms with E-state index in [-0.39, 0.29) is 22.5 Å². The number of hydrogen-bond donors (Lipinski definition) is 2. The first-order valence-electron chi connectivity index (χ1n) is 11.0. The van der Waals surface area contributed by atoms with Crippen LogP contribution >= 0.6 is 34.2 Å². The average molecular weight is 764 g/mol. The molecule has 0 aliphatic rings. The van der Waals surface area contributed by atoms with Crippen molar-refractivity contribution in [1.29, 1.82) is 0 Å². The second kappa shape index (κ2) is 11.7. The molecule has 0 saturated carbocycles. The molecular weight excluding hydrogens is 753 g/mol. The van der Waals surface area contributed by atoms with Crippen molar-refractivity contribution < 1.29 is 62.3 Å². The molecule has 0 fully saturated rings. The van der Waals surface area contributed by atoms with E-state index in [9.17, 15) is 62.3 Å². The fourth-order valence-electron chi connectivity index (χ4n) is 3.55. The van der Waals surface area contributed by atoms with Crippen molar-refractivity contribution in [2.24, 2.45) is 0 Å². The van der Waals surface area contributed by atoms with Gasteiger partial charge in [-0.3, -0.25) is 9.59 Å². The minimum absolute atomic E-state index is 0.0950. The van der Waals surface area contributed by atoms with Gasteiger partial charge in [0.25, 0.3) is 11.8 Å². The number of halogens is 14. The SMILES string of the molecule is O=C(Nc1c(I)cc(C(F)(C(F)(F)F)C(F)(F)C(F)(F)F)cc1C(F)(F)F)c1cccc(NC(=O)c2cccnc2Cl)c1. The summed E-state index contributed by atoms with van der Waals surface area (Å²) < 4.78 is 162. The molecule has 1 heterocycles. The van der Waals surface area contributed by atoms with Gasteiger partial charge in [0.05, 0.1) is 16.8 Å². The number of anilines is 2. The Labute approximate surface area is 250 Å². The van der Waals surface area contributed by atoms with E-state index >= 15 is 0 Å². The van der Waals surface area contributed by atoms with Crippen molar-refractivity contribution >= 4 is 57.4 Å². The summed E-state index contributed by atoms with van der Waals surface area (Å²) in [6.45, 7) is 0. The lowest BCUT2D eigenvalue weighted by Gasteiger charge is -2.36. The fourth-order valence-corrected chi connectivity index (χ4v) is 4.52. The summed E-state index contributed by atoms with van der Waals surface area (Å²) >= 11 is 6.63. The van der Waals surface area contributed by atoms with Crippen molar-refractivity contribution in [3.05, 3.63) is 85.7 Å². The molecule has 0 aliphatic heterocycles. The number of nitrogens with zero attached hydrogens (tertiary/aromatic N) is 1. The number of hydrogen-bond acceptors (Lipinski definition) is 3. The molecule has 19 heteroatoms. The molecule has 1 aromatic heterocycles. The van der Waals surface area contributed by atoms with Crippen LogP contribution in [0.15, 0.2) is 54.7 Å². The zero-order valence-corrected chi connectivity index (χ0v) is 23.2. The molecule has 3 aromatic rings. The highest BCUT2D eigenvalue weighted by Crippen LogP contribution is 2.59. The number of pyridine rings is 1. The van der Waals surface area contributed by atoms with Crippen molar-refractivity contribution in [2.45, 2.75) is 30.1 Å². The normalized spacial score (nSPS) is 14.2. The molecule has 0 aliphatic carbocycles. The predicted molar refractivity (Wildman–Crippen MR) is 136 cm³/mol. The van der Waals surface area contributed by atoms with E-state index in [1.807, 2.05) is 0 Å². The monoisotopic (exact) mass is 763 g/mol. The Bertz CT molecular complexity index is 1560. The molecule has 1 atom stereocenters. The topological polar surface area (TPSA) is 71.1 Å². The number of nitrogens with one attached hydrogen (secondary N) is 2. The fraction of sp³-hybridized carbons (Fsp3) is 0.208. The minimum Gasteiger partial charge on any atom is -0.322 e. The van der Waals surface area contributed by atoms with E-state index in [0.717, 1.165) is 40.8 Å². The Morgan fingerprint density at radius 1 is 0.767 bits per heavy atom. The van der Waals surface area contributed by atoms with E-state index in [2.05, 4.69) is 10.3 Å². The van der Waals surface area contributed by atoms with Crippen LogP contribution in [0.5, 0.6) is 0 Å². The second-order valence-corrected chi connectivity index (χ2v) is 9.96. The van der Waals surface area contributed by atoms with Crippen molar-refractivity contribution in [3.63, 3.8) is 0 Å². The number of carbonyl (C=O) groups excluding carboxylic acids is 2. The molecule has 0 bridgehead atoms. The summed E-state index contributed by atoms with van der Waals surface area (Å²) in [5.74, 6) is -9.43. The zero-order chi connectivity index (χ0) is 32.8. The third-order valence-electron chi connectivity index (χ3n) is 5.60. The summed E-state index contributed by atoms with van der Waals surface area (Å²) in [6.07, 6.45) is -18.7. The molecule has 1 unspecified atom stereocenters. The number of rotatable bonds is 6. The summed E-state index contributed by atoms with van der Waals surface area (Å²) in [4.78, 5) is 28.9. The van der Waals surface area contributed by atoms with Crippen molar-refractivity contribution in [2.75, 3.05) is 10.6 Å². The summed E-state index contributed by atoms with van der Waals surface area (Å²) in [5, 5.41) is 3.83. The van der Waals surface area contributed by atoms with E-state index < -0.39 is 73.9 Å². The minimum atomic E-state index is -7.22. The van der Waals surface area contributed by atoms with Gasteiger partial charge in [-0.15, -0.1) is 0 Å². The number of benzene rings is 2. The zero-order valence-electron chi connectivity index (χ0n) is 20.3. The third kappa shape index (κ3) is 6.63. The number of carbonyl (C=O) groups is 2. The maximum absolute atomic E-state index is 14.9. The van der Waals surface area contributed by atoms with Crippen LogP contribution in [0.4, 0.5) is 64.1 Å². The summed E-state index contributed by atoms with van der Waals surface area (Å²) in [6, 6.07) is 5.84. The van der Waals surface area contributed by atoms with Gasteiger partial charge < -0.3 is 10.6 Å². The van der Waals surface area contributed by atoms with Crippen LogP contribution in [0.2, 0.25) is 5.15 Å². The Hall–Kier alpha value is -3.29. The van der Waals surface area contributed by atoms with Gasteiger partial charge in [-0.05, 0) is 65.1 Å². The van der Waals surface area contributed by atoms with Gasteiger partial charge in [0.2, 0.25) is 0 Å². The smallest absolute Gasteiger partial charge is 0.322 e. The van der Waals surface area contributed by atoms with Crippen LogP contribution in [-0.2, 0) is 11.8 Å². The molecule has 43 heavy (non-hydrogen) atoms. The van der Waals surface area contributed by atoms with E-state index in [0.29, 0.717) is 0 Å². The molecule has 232 valence electrons. The number of amides is 2. The Morgan fingerprint density at radius 2 is 1.40 bits per heavy atom. The van der Waals surface area contributed by atoms with Crippen LogP contribution in [0.25, 0.3) is 0 Å². The van der Waals surface area contributed by atoms with E-state index in [1.54, 1.807) is 5.32 Å². The molecular formula is C24H11ClF12IN3O2.